The van der Waals surface area contributed by atoms with Gasteiger partial charge in [-0.1, -0.05) is 55.5 Å². The average molecular weight is 475 g/mol. The molecule has 0 aliphatic heterocycles. The maximum absolute atomic E-state index is 4.63. The van der Waals surface area contributed by atoms with Crippen LogP contribution < -0.4 is 0 Å². The van der Waals surface area contributed by atoms with E-state index < -0.39 is 0 Å². The second-order valence-corrected chi connectivity index (χ2v) is 10.9. The van der Waals surface area contributed by atoms with Crippen LogP contribution >= 0.6 is 0 Å². The van der Waals surface area contributed by atoms with Crippen molar-refractivity contribution in [3.63, 3.8) is 0 Å². The van der Waals surface area contributed by atoms with E-state index in [0.717, 1.165) is 41.9 Å². The van der Waals surface area contributed by atoms with Crippen LogP contribution in [0.2, 0.25) is 0 Å². The minimum absolute atomic E-state index is 0.544. The predicted octanol–water partition coefficient (Wildman–Crippen LogP) is 5.81. The molecule has 0 N–H and O–H groups in total. The van der Waals surface area contributed by atoms with E-state index in [9.17, 15) is 0 Å². The topological polar surface area (TPSA) is 77.3 Å². The molecule has 2 aromatic carbocycles. The predicted molar refractivity (Wildman–Crippen MR) is 138 cm³/mol. The molecule has 36 heavy (non-hydrogen) atoms. The third-order valence-corrected chi connectivity index (χ3v) is 9.17. The van der Waals surface area contributed by atoms with E-state index in [0.29, 0.717) is 17.7 Å². The normalized spacial score (nSPS) is 26.6. The van der Waals surface area contributed by atoms with Gasteiger partial charge < -0.3 is 0 Å². The highest BCUT2D eigenvalue weighted by molar-refractivity contribution is 5.65. The summed E-state index contributed by atoms with van der Waals surface area (Å²) in [6, 6.07) is 17.8. The molecule has 2 heterocycles. The summed E-state index contributed by atoms with van der Waals surface area (Å²) in [5.41, 5.74) is 8.89. The van der Waals surface area contributed by atoms with Gasteiger partial charge in [-0.2, -0.15) is 10.2 Å². The zero-order chi connectivity index (χ0) is 24.1. The van der Waals surface area contributed by atoms with E-state index in [1.54, 1.807) is 0 Å². The minimum Gasteiger partial charge on any atom is -0.158 e. The summed E-state index contributed by atoms with van der Waals surface area (Å²) in [7, 11) is 0. The van der Waals surface area contributed by atoms with E-state index in [4.69, 9.17) is 0 Å². The lowest BCUT2D eigenvalue weighted by Gasteiger charge is -2.37. The molecule has 0 amide bonds. The Kier molecular flexibility index (Phi) is 5.33. The van der Waals surface area contributed by atoms with Crippen LogP contribution in [-0.4, -0.2) is 30.6 Å². The first kappa shape index (κ1) is 21.7. The van der Waals surface area contributed by atoms with Crippen LogP contribution in [0.5, 0.6) is 0 Å². The molecule has 5 atom stereocenters. The molecule has 0 bridgehead atoms. The summed E-state index contributed by atoms with van der Waals surface area (Å²) in [6.07, 6.45) is 10.7. The van der Waals surface area contributed by atoms with Crippen molar-refractivity contribution >= 4 is 0 Å². The van der Waals surface area contributed by atoms with Crippen LogP contribution in [0.3, 0.4) is 0 Å². The molecule has 0 spiro atoms. The van der Waals surface area contributed by atoms with Crippen molar-refractivity contribution in [3.8, 4) is 22.6 Å². The van der Waals surface area contributed by atoms with E-state index in [-0.39, 0.29) is 0 Å². The van der Waals surface area contributed by atoms with Crippen molar-refractivity contribution in [1.82, 2.24) is 30.6 Å². The van der Waals surface area contributed by atoms with Crippen LogP contribution in [0.4, 0.5) is 0 Å². The molecule has 6 heteroatoms. The Morgan fingerprint density at radius 1 is 0.639 bits per heavy atom. The maximum atomic E-state index is 4.63. The van der Waals surface area contributed by atoms with Gasteiger partial charge in [0.05, 0.1) is 11.9 Å². The number of benzene rings is 2. The number of nitrogens with zero attached hydrogens (tertiary/aromatic N) is 6. The standard InChI is InChI=1S/C30H30N6/c1-18-24-11-10-23-16-31-34-29(28(23)15-12-25(18)24)21-6-2-19(3-7-21)26-13-14-27(26)20-4-8-22(9-5-20)30-35-32-17-33-36-30/h2-9,16-18,24-27H,10-15H2,1H3/t18-,24-,25+,26?,27?/m1/s1. The molecule has 2 saturated carbocycles. The molecule has 3 aliphatic carbocycles. The summed E-state index contributed by atoms with van der Waals surface area (Å²) in [5, 5.41) is 24.8. The lowest BCUT2D eigenvalue weighted by atomic mass is 9.67. The fraction of sp³-hybridized carbons (Fsp3) is 0.400. The molecule has 6 nitrogen and oxygen atoms in total. The second kappa shape index (κ2) is 8.84. The molecule has 7 rings (SSSR count). The molecule has 2 unspecified atom stereocenters. The summed E-state index contributed by atoms with van der Waals surface area (Å²) in [5.74, 6) is 4.41. The Balaban J connectivity index is 1.10. The van der Waals surface area contributed by atoms with Gasteiger partial charge in [-0.15, -0.1) is 20.4 Å². The lowest BCUT2D eigenvalue weighted by molar-refractivity contribution is 0.346. The first-order chi connectivity index (χ1) is 17.8. The maximum Gasteiger partial charge on any atom is 0.203 e. The van der Waals surface area contributed by atoms with Gasteiger partial charge >= 0.3 is 0 Å². The number of hydrogen-bond acceptors (Lipinski definition) is 6. The van der Waals surface area contributed by atoms with Gasteiger partial charge in [-0.3, -0.25) is 0 Å². The Bertz CT molecular complexity index is 1370. The third-order valence-electron chi connectivity index (χ3n) is 9.17. The second-order valence-electron chi connectivity index (χ2n) is 10.9. The van der Waals surface area contributed by atoms with Crippen LogP contribution in [0, 0.1) is 17.8 Å². The number of aromatic nitrogens is 6. The van der Waals surface area contributed by atoms with E-state index in [1.165, 1.54) is 59.8 Å². The Morgan fingerprint density at radius 3 is 1.89 bits per heavy atom. The van der Waals surface area contributed by atoms with Crippen LogP contribution in [0.15, 0.2) is 61.1 Å². The monoisotopic (exact) mass is 474 g/mol. The van der Waals surface area contributed by atoms with E-state index in [1.807, 2.05) is 6.20 Å². The van der Waals surface area contributed by atoms with Crippen molar-refractivity contribution in [2.75, 3.05) is 0 Å². The lowest BCUT2D eigenvalue weighted by Crippen LogP contribution is -2.21. The molecular weight excluding hydrogens is 444 g/mol. The highest BCUT2D eigenvalue weighted by Gasteiger charge is 2.46. The fourth-order valence-electron chi connectivity index (χ4n) is 6.78. The zero-order valence-electron chi connectivity index (χ0n) is 20.6. The first-order valence-corrected chi connectivity index (χ1v) is 13.3. The summed E-state index contributed by atoms with van der Waals surface area (Å²) < 4.78 is 0. The Labute approximate surface area is 211 Å². The van der Waals surface area contributed by atoms with Gasteiger partial charge in [0.15, 0.2) is 6.33 Å². The first-order valence-electron chi connectivity index (χ1n) is 13.3. The number of hydrogen-bond donors (Lipinski definition) is 0. The Morgan fingerprint density at radius 2 is 1.25 bits per heavy atom. The van der Waals surface area contributed by atoms with Crippen molar-refractivity contribution in [2.24, 2.45) is 17.8 Å². The van der Waals surface area contributed by atoms with Crippen molar-refractivity contribution in [3.05, 3.63) is 83.3 Å². The van der Waals surface area contributed by atoms with Crippen molar-refractivity contribution < 1.29 is 0 Å². The molecule has 0 saturated heterocycles. The van der Waals surface area contributed by atoms with Gasteiger partial charge in [0.2, 0.25) is 5.82 Å². The minimum atomic E-state index is 0.544. The molecule has 180 valence electrons. The van der Waals surface area contributed by atoms with Gasteiger partial charge in [-0.05, 0) is 90.4 Å². The SMILES string of the molecule is C[C@@H]1[C@H]2CCc3cnnc(-c4ccc(C5CCC5c5ccc(-c6nncnn6)cc5)cc4)c3CC[C@@H]12. The van der Waals surface area contributed by atoms with Crippen LogP contribution in [0.1, 0.15) is 66.7 Å². The van der Waals surface area contributed by atoms with E-state index >= 15 is 0 Å². The van der Waals surface area contributed by atoms with Gasteiger partial charge in [0.25, 0.3) is 0 Å². The van der Waals surface area contributed by atoms with Crippen molar-refractivity contribution in [2.45, 2.75) is 57.3 Å². The molecule has 4 aromatic rings. The smallest absolute Gasteiger partial charge is 0.158 e. The van der Waals surface area contributed by atoms with Crippen LogP contribution in [-0.2, 0) is 12.8 Å². The number of fused-ring (bicyclic) bond motifs is 2. The van der Waals surface area contributed by atoms with Crippen molar-refractivity contribution in [1.29, 1.82) is 0 Å². The largest absolute Gasteiger partial charge is 0.203 e. The molecule has 0 radical (unpaired) electrons. The van der Waals surface area contributed by atoms with Gasteiger partial charge in [0, 0.05) is 11.1 Å². The highest BCUT2D eigenvalue weighted by Crippen LogP contribution is 2.53. The fourth-order valence-corrected chi connectivity index (χ4v) is 6.78. The van der Waals surface area contributed by atoms with E-state index in [2.05, 4.69) is 86.0 Å². The van der Waals surface area contributed by atoms with Gasteiger partial charge in [-0.25, -0.2) is 0 Å². The third kappa shape index (κ3) is 3.80. The Hall–Kier alpha value is -3.54. The summed E-state index contributed by atoms with van der Waals surface area (Å²) in [4.78, 5) is 0. The molecular formula is C30H30N6. The quantitative estimate of drug-likeness (QED) is 0.371. The summed E-state index contributed by atoms with van der Waals surface area (Å²) >= 11 is 0. The molecule has 2 fully saturated rings. The molecule has 3 aliphatic rings. The van der Waals surface area contributed by atoms with Crippen LogP contribution in [0.25, 0.3) is 22.6 Å². The zero-order valence-corrected chi connectivity index (χ0v) is 20.6. The number of rotatable bonds is 4. The average Bonchev–Trinajstić information content (AvgIpc) is 3.51. The molecule has 2 aromatic heterocycles. The van der Waals surface area contributed by atoms with Gasteiger partial charge in [0.1, 0.15) is 0 Å². The highest BCUT2D eigenvalue weighted by atomic mass is 15.3. The summed E-state index contributed by atoms with van der Waals surface area (Å²) in [6.45, 7) is 2.43. The number of aryl methyl sites for hydroxylation is 1.